The summed E-state index contributed by atoms with van der Waals surface area (Å²) in [6.45, 7) is 3.59. The van der Waals surface area contributed by atoms with E-state index in [-0.39, 0.29) is 35.0 Å². The molecule has 170 valence electrons. The number of hydrogen-bond acceptors (Lipinski definition) is 5. The summed E-state index contributed by atoms with van der Waals surface area (Å²) in [5.74, 6) is -0.799. The first-order chi connectivity index (χ1) is 15.9. The van der Waals surface area contributed by atoms with E-state index in [2.05, 4.69) is 0 Å². The number of amides is 2. The highest BCUT2D eigenvalue weighted by molar-refractivity contribution is 6.23. The Morgan fingerprint density at radius 3 is 2.67 bits per heavy atom. The minimum absolute atomic E-state index is 0.112. The van der Waals surface area contributed by atoms with Crippen molar-refractivity contribution in [3.8, 4) is 11.8 Å². The lowest BCUT2D eigenvalue weighted by Crippen LogP contribution is -2.41. The van der Waals surface area contributed by atoms with Gasteiger partial charge < -0.3 is 9.47 Å². The van der Waals surface area contributed by atoms with E-state index in [0.29, 0.717) is 18.7 Å². The van der Waals surface area contributed by atoms with Crippen molar-refractivity contribution < 1.29 is 23.5 Å². The average Bonchev–Trinajstić information content (AvgIpc) is 3.40. The van der Waals surface area contributed by atoms with Crippen LogP contribution in [0.4, 0.5) is 10.1 Å². The minimum Gasteiger partial charge on any atom is -0.494 e. The Morgan fingerprint density at radius 1 is 1.21 bits per heavy atom. The molecule has 2 amide bonds. The van der Waals surface area contributed by atoms with Gasteiger partial charge in [-0.3, -0.25) is 9.59 Å². The standard InChI is InChI=1S/C26H25FN2O4/c1-15-3-7-20(8-4-15)32-10-9-16-12-26(2)22-21(23(16)33-26)24(30)29(25(22)31)19-6-5-17(14-28)18(11-19)13-27/h3-8,11,16,21-23H,9-10,12-13H2,1-2H3/t16?,21-,22-,23?,26?/m0/s1. The number of aryl methyl sites for hydroxylation is 1. The Labute approximate surface area is 191 Å². The second-order valence-corrected chi connectivity index (χ2v) is 9.41. The van der Waals surface area contributed by atoms with Gasteiger partial charge in [0.15, 0.2) is 0 Å². The fourth-order valence-corrected chi connectivity index (χ4v) is 5.75. The molecule has 3 saturated heterocycles. The van der Waals surface area contributed by atoms with Crippen LogP contribution in [0, 0.1) is 36.0 Å². The summed E-state index contributed by atoms with van der Waals surface area (Å²) >= 11 is 0. The molecule has 3 aliphatic rings. The zero-order valence-electron chi connectivity index (χ0n) is 18.6. The SMILES string of the molecule is Cc1ccc(OCCC2CC3(C)OC2[C@H]2C(=O)N(c4ccc(C#N)c(CF)c4)C(=O)[C@H]23)cc1. The van der Waals surface area contributed by atoms with Crippen LogP contribution in [0.2, 0.25) is 0 Å². The Morgan fingerprint density at radius 2 is 1.97 bits per heavy atom. The number of imide groups is 1. The number of hydrogen-bond donors (Lipinski definition) is 0. The summed E-state index contributed by atoms with van der Waals surface area (Å²) in [7, 11) is 0. The van der Waals surface area contributed by atoms with Crippen LogP contribution in [0.15, 0.2) is 42.5 Å². The molecule has 33 heavy (non-hydrogen) atoms. The summed E-state index contributed by atoms with van der Waals surface area (Å²) in [5.41, 5.74) is 1.14. The first-order valence-corrected chi connectivity index (χ1v) is 11.2. The monoisotopic (exact) mass is 448 g/mol. The smallest absolute Gasteiger partial charge is 0.240 e. The lowest BCUT2D eigenvalue weighted by Gasteiger charge is -2.30. The van der Waals surface area contributed by atoms with Crippen molar-refractivity contribution in [2.75, 3.05) is 11.5 Å². The average molecular weight is 448 g/mol. The largest absolute Gasteiger partial charge is 0.494 e. The topological polar surface area (TPSA) is 79.6 Å². The molecule has 0 N–H and O–H groups in total. The number of carbonyl (C=O) groups excluding carboxylic acids is 2. The molecule has 2 aromatic rings. The number of nitriles is 1. The van der Waals surface area contributed by atoms with E-state index in [1.165, 1.54) is 18.2 Å². The quantitative estimate of drug-likeness (QED) is 0.622. The third-order valence-electron chi connectivity index (χ3n) is 7.29. The highest BCUT2D eigenvalue weighted by Crippen LogP contribution is 2.58. The van der Waals surface area contributed by atoms with Gasteiger partial charge in [-0.25, -0.2) is 9.29 Å². The molecule has 0 aliphatic carbocycles. The molecule has 2 bridgehead atoms. The molecule has 2 aromatic carbocycles. The zero-order valence-corrected chi connectivity index (χ0v) is 18.6. The summed E-state index contributed by atoms with van der Waals surface area (Å²) < 4.78 is 25.5. The summed E-state index contributed by atoms with van der Waals surface area (Å²) in [5, 5.41) is 9.15. The molecular weight excluding hydrogens is 423 g/mol. The van der Waals surface area contributed by atoms with Gasteiger partial charge in [0.05, 0.1) is 47.5 Å². The Kier molecular flexibility index (Phi) is 5.21. The predicted molar refractivity (Wildman–Crippen MR) is 118 cm³/mol. The Bertz CT molecular complexity index is 1160. The molecule has 3 unspecified atom stereocenters. The van der Waals surface area contributed by atoms with Crippen LogP contribution in [0.1, 0.15) is 36.5 Å². The van der Waals surface area contributed by atoms with Crippen LogP contribution in [0.25, 0.3) is 0 Å². The van der Waals surface area contributed by atoms with Crippen LogP contribution in [0.5, 0.6) is 5.75 Å². The molecule has 0 spiro atoms. The van der Waals surface area contributed by atoms with Crippen LogP contribution >= 0.6 is 0 Å². The number of halogens is 1. The van der Waals surface area contributed by atoms with Gasteiger partial charge >= 0.3 is 0 Å². The molecule has 0 aromatic heterocycles. The van der Waals surface area contributed by atoms with Crippen LogP contribution in [-0.4, -0.2) is 30.1 Å². The molecule has 3 aliphatic heterocycles. The zero-order chi connectivity index (χ0) is 23.3. The maximum absolute atomic E-state index is 13.4. The third-order valence-corrected chi connectivity index (χ3v) is 7.29. The maximum atomic E-state index is 13.4. The van der Waals surface area contributed by atoms with Gasteiger partial charge in [-0.15, -0.1) is 0 Å². The summed E-state index contributed by atoms with van der Waals surface area (Å²) in [6, 6.07) is 14.2. The molecule has 6 nitrogen and oxygen atoms in total. The number of benzene rings is 2. The second kappa shape index (κ2) is 7.96. The second-order valence-electron chi connectivity index (χ2n) is 9.41. The molecule has 0 saturated carbocycles. The third kappa shape index (κ3) is 3.41. The molecule has 7 heteroatoms. The summed E-state index contributed by atoms with van der Waals surface area (Å²) in [4.78, 5) is 27.9. The number of nitrogens with zero attached hydrogens (tertiary/aromatic N) is 2. The molecule has 3 heterocycles. The van der Waals surface area contributed by atoms with Crippen LogP contribution < -0.4 is 9.64 Å². The van der Waals surface area contributed by atoms with Crippen LogP contribution in [-0.2, 0) is 21.0 Å². The van der Waals surface area contributed by atoms with E-state index in [9.17, 15) is 14.0 Å². The normalized spacial score (nSPS) is 29.9. The van der Waals surface area contributed by atoms with E-state index in [4.69, 9.17) is 14.7 Å². The lowest BCUT2D eigenvalue weighted by molar-refractivity contribution is -0.126. The van der Waals surface area contributed by atoms with Crippen molar-refractivity contribution in [2.45, 2.75) is 45.1 Å². The van der Waals surface area contributed by atoms with Crippen molar-refractivity contribution in [3.05, 3.63) is 59.2 Å². The summed E-state index contributed by atoms with van der Waals surface area (Å²) in [6.07, 6.45) is 1.07. The molecule has 3 fully saturated rings. The van der Waals surface area contributed by atoms with E-state index < -0.39 is 24.1 Å². The Balaban J connectivity index is 1.33. The van der Waals surface area contributed by atoms with Gasteiger partial charge in [0, 0.05) is 5.56 Å². The molecular formula is C26H25FN2O4. The van der Waals surface area contributed by atoms with Gasteiger partial charge in [-0.1, -0.05) is 17.7 Å². The van der Waals surface area contributed by atoms with Crippen molar-refractivity contribution in [2.24, 2.45) is 17.8 Å². The lowest BCUT2D eigenvalue weighted by atomic mass is 9.68. The van der Waals surface area contributed by atoms with Crippen molar-refractivity contribution in [1.82, 2.24) is 0 Å². The van der Waals surface area contributed by atoms with Crippen molar-refractivity contribution in [3.63, 3.8) is 0 Å². The number of ether oxygens (including phenoxy) is 2. The number of fused-ring (bicyclic) bond motifs is 5. The highest BCUT2D eigenvalue weighted by Gasteiger charge is 2.70. The predicted octanol–water partition coefficient (Wildman–Crippen LogP) is 4.09. The molecule has 5 rings (SSSR count). The minimum atomic E-state index is -0.841. The number of rotatable bonds is 6. The van der Waals surface area contributed by atoms with E-state index in [1.807, 2.05) is 44.2 Å². The van der Waals surface area contributed by atoms with Crippen molar-refractivity contribution in [1.29, 1.82) is 5.26 Å². The van der Waals surface area contributed by atoms with Crippen molar-refractivity contribution >= 4 is 17.5 Å². The van der Waals surface area contributed by atoms with Gasteiger partial charge in [0.25, 0.3) is 0 Å². The number of alkyl halides is 1. The fraction of sp³-hybridized carbons (Fsp3) is 0.423. The molecule has 5 atom stereocenters. The Hall–Kier alpha value is -3.24. The van der Waals surface area contributed by atoms with E-state index in [1.54, 1.807) is 0 Å². The first kappa shape index (κ1) is 21.6. The van der Waals surface area contributed by atoms with Gasteiger partial charge in [-0.2, -0.15) is 5.26 Å². The van der Waals surface area contributed by atoms with Gasteiger partial charge in [-0.05, 0) is 62.9 Å². The number of carbonyl (C=O) groups is 2. The highest BCUT2D eigenvalue weighted by atomic mass is 19.1. The fourth-order valence-electron chi connectivity index (χ4n) is 5.75. The number of anilines is 1. The van der Waals surface area contributed by atoms with Gasteiger partial charge in [0.1, 0.15) is 12.4 Å². The van der Waals surface area contributed by atoms with E-state index >= 15 is 0 Å². The maximum Gasteiger partial charge on any atom is 0.240 e. The first-order valence-electron chi connectivity index (χ1n) is 11.2. The van der Waals surface area contributed by atoms with E-state index in [0.717, 1.165) is 22.6 Å². The van der Waals surface area contributed by atoms with Crippen LogP contribution in [0.3, 0.4) is 0 Å². The molecule has 0 radical (unpaired) electrons. The van der Waals surface area contributed by atoms with Gasteiger partial charge in [0.2, 0.25) is 11.8 Å².